The minimum absolute atomic E-state index is 0.119. The SMILES string of the molecule is CC(C)NC(=O)C1CCC(n2c(N)nc3ccc(CN4CCC(C(C)C)CC4)cc32)CC1. The molecule has 0 bridgehead atoms. The number of imidazole rings is 1. The maximum Gasteiger partial charge on any atom is 0.223 e. The first-order valence-corrected chi connectivity index (χ1v) is 12.6. The molecule has 1 aromatic carbocycles. The van der Waals surface area contributed by atoms with Crippen molar-refractivity contribution < 1.29 is 4.79 Å². The molecule has 2 aliphatic rings. The Bertz CT molecular complexity index is 918. The summed E-state index contributed by atoms with van der Waals surface area (Å²) in [4.78, 5) is 19.6. The molecular formula is C26H41N5O. The molecule has 1 amide bonds. The van der Waals surface area contributed by atoms with E-state index in [2.05, 4.69) is 51.8 Å². The molecule has 3 N–H and O–H groups in total. The summed E-state index contributed by atoms with van der Waals surface area (Å²) in [5.74, 6) is 2.58. The Hall–Kier alpha value is -2.08. The van der Waals surface area contributed by atoms with E-state index in [0.717, 1.165) is 55.1 Å². The van der Waals surface area contributed by atoms with Crippen LogP contribution in [0.3, 0.4) is 0 Å². The van der Waals surface area contributed by atoms with Crippen LogP contribution in [-0.4, -0.2) is 39.5 Å². The monoisotopic (exact) mass is 439 g/mol. The quantitative estimate of drug-likeness (QED) is 0.681. The number of nitrogens with zero attached hydrogens (tertiary/aromatic N) is 3. The maximum absolute atomic E-state index is 12.4. The van der Waals surface area contributed by atoms with E-state index in [1.54, 1.807) is 0 Å². The Morgan fingerprint density at radius 1 is 1.09 bits per heavy atom. The van der Waals surface area contributed by atoms with Gasteiger partial charge in [-0.05, 0) is 95.0 Å². The number of nitrogens with two attached hydrogens (primary N) is 1. The summed E-state index contributed by atoms with van der Waals surface area (Å²) in [6.07, 6.45) is 6.37. The van der Waals surface area contributed by atoms with E-state index in [1.165, 1.54) is 31.5 Å². The fraction of sp³-hybridized carbons (Fsp3) is 0.692. The van der Waals surface area contributed by atoms with Crippen LogP contribution in [0.25, 0.3) is 11.0 Å². The van der Waals surface area contributed by atoms with Gasteiger partial charge in [0.05, 0.1) is 11.0 Å². The lowest BCUT2D eigenvalue weighted by Crippen LogP contribution is -2.37. The Labute approximate surface area is 192 Å². The second-order valence-corrected chi connectivity index (χ2v) is 10.7. The van der Waals surface area contributed by atoms with Gasteiger partial charge in [-0.1, -0.05) is 19.9 Å². The fourth-order valence-electron chi connectivity index (χ4n) is 5.67. The molecule has 2 heterocycles. The van der Waals surface area contributed by atoms with Gasteiger partial charge in [-0.2, -0.15) is 0 Å². The summed E-state index contributed by atoms with van der Waals surface area (Å²) in [7, 11) is 0. The van der Waals surface area contributed by atoms with E-state index in [-0.39, 0.29) is 17.9 Å². The number of amides is 1. The van der Waals surface area contributed by atoms with Crippen molar-refractivity contribution >= 4 is 22.9 Å². The Kier molecular flexibility index (Phi) is 7.08. The van der Waals surface area contributed by atoms with Crippen LogP contribution in [0.5, 0.6) is 0 Å². The molecule has 0 spiro atoms. The van der Waals surface area contributed by atoms with Crippen molar-refractivity contribution in [2.24, 2.45) is 17.8 Å². The smallest absolute Gasteiger partial charge is 0.223 e. The number of aromatic nitrogens is 2. The third kappa shape index (κ3) is 5.11. The number of piperidine rings is 1. The zero-order valence-electron chi connectivity index (χ0n) is 20.3. The number of likely N-dealkylation sites (tertiary alicyclic amines) is 1. The van der Waals surface area contributed by atoms with E-state index in [0.29, 0.717) is 12.0 Å². The third-order valence-corrected chi connectivity index (χ3v) is 7.63. The van der Waals surface area contributed by atoms with Crippen molar-refractivity contribution in [3.8, 4) is 0 Å². The van der Waals surface area contributed by atoms with Crippen molar-refractivity contribution in [2.45, 2.75) is 84.8 Å². The Morgan fingerprint density at radius 3 is 2.41 bits per heavy atom. The average molecular weight is 440 g/mol. The summed E-state index contributed by atoms with van der Waals surface area (Å²) in [5.41, 5.74) is 9.85. The van der Waals surface area contributed by atoms with Crippen LogP contribution in [0.15, 0.2) is 18.2 Å². The predicted molar refractivity (Wildman–Crippen MR) is 131 cm³/mol. The number of anilines is 1. The van der Waals surface area contributed by atoms with E-state index in [9.17, 15) is 4.79 Å². The first-order chi connectivity index (χ1) is 15.3. The third-order valence-electron chi connectivity index (χ3n) is 7.63. The first-order valence-electron chi connectivity index (χ1n) is 12.6. The Morgan fingerprint density at radius 2 is 1.78 bits per heavy atom. The van der Waals surface area contributed by atoms with Gasteiger partial charge in [0.1, 0.15) is 0 Å². The second kappa shape index (κ2) is 9.82. The molecule has 1 aliphatic carbocycles. The topological polar surface area (TPSA) is 76.2 Å². The van der Waals surface area contributed by atoms with Gasteiger partial charge < -0.3 is 15.6 Å². The summed E-state index contributed by atoms with van der Waals surface area (Å²) >= 11 is 0. The number of nitrogen functional groups attached to an aromatic ring is 1. The standard InChI is InChI=1S/C26H41N5O/c1-17(2)20-11-13-30(14-12-20)16-19-5-10-23-24(15-19)31(26(27)29-23)22-8-6-21(7-9-22)25(32)28-18(3)4/h5,10,15,17-18,20-22H,6-9,11-14,16H2,1-4H3,(H2,27,29)(H,28,32). The predicted octanol–water partition coefficient (Wildman–Crippen LogP) is 4.74. The molecule has 32 heavy (non-hydrogen) atoms. The highest BCUT2D eigenvalue weighted by atomic mass is 16.1. The van der Waals surface area contributed by atoms with Crippen molar-refractivity contribution in [1.29, 1.82) is 0 Å². The summed E-state index contributed by atoms with van der Waals surface area (Å²) in [6.45, 7) is 12.1. The summed E-state index contributed by atoms with van der Waals surface area (Å²) < 4.78 is 2.24. The fourth-order valence-corrected chi connectivity index (χ4v) is 5.67. The van der Waals surface area contributed by atoms with E-state index in [1.807, 2.05) is 13.8 Å². The highest BCUT2D eigenvalue weighted by Gasteiger charge is 2.29. The maximum atomic E-state index is 12.4. The second-order valence-electron chi connectivity index (χ2n) is 10.7. The van der Waals surface area contributed by atoms with Crippen LogP contribution in [0.1, 0.15) is 77.8 Å². The number of benzene rings is 1. The van der Waals surface area contributed by atoms with Gasteiger partial charge in [-0.15, -0.1) is 0 Å². The number of nitrogens with one attached hydrogen (secondary N) is 1. The number of carbonyl (C=O) groups excluding carboxylic acids is 1. The molecule has 1 aromatic heterocycles. The van der Waals surface area contributed by atoms with Crippen LogP contribution in [-0.2, 0) is 11.3 Å². The van der Waals surface area contributed by atoms with Crippen LogP contribution < -0.4 is 11.1 Å². The van der Waals surface area contributed by atoms with Gasteiger partial charge in [0, 0.05) is 24.5 Å². The first kappa shape index (κ1) is 23.1. The molecule has 1 saturated heterocycles. The largest absolute Gasteiger partial charge is 0.369 e. The number of fused-ring (bicyclic) bond motifs is 1. The normalized spacial score (nSPS) is 23.3. The molecule has 176 valence electrons. The van der Waals surface area contributed by atoms with Crippen molar-refractivity contribution in [1.82, 2.24) is 19.8 Å². The number of carbonyl (C=O) groups is 1. The van der Waals surface area contributed by atoms with Gasteiger partial charge in [-0.3, -0.25) is 9.69 Å². The van der Waals surface area contributed by atoms with Gasteiger partial charge >= 0.3 is 0 Å². The Balaban J connectivity index is 1.44. The number of hydrogen-bond donors (Lipinski definition) is 2. The number of rotatable bonds is 6. The molecule has 0 radical (unpaired) electrons. The van der Waals surface area contributed by atoms with Gasteiger partial charge in [0.25, 0.3) is 0 Å². The molecule has 1 saturated carbocycles. The zero-order chi connectivity index (χ0) is 22.8. The van der Waals surface area contributed by atoms with Gasteiger partial charge in [-0.25, -0.2) is 4.98 Å². The molecule has 2 fully saturated rings. The minimum atomic E-state index is 0.119. The van der Waals surface area contributed by atoms with Crippen LogP contribution in [0, 0.1) is 17.8 Å². The number of hydrogen-bond acceptors (Lipinski definition) is 4. The van der Waals surface area contributed by atoms with E-state index in [4.69, 9.17) is 5.73 Å². The molecule has 6 nitrogen and oxygen atoms in total. The highest BCUT2D eigenvalue weighted by Crippen LogP contribution is 2.36. The summed E-state index contributed by atoms with van der Waals surface area (Å²) in [5, 5.41) is 3.07. The van der Waals surface area contributed by atoms with Crippen LogP contribution >= 0.6 is 0 Å². The molecule has 2 aromatic rings. The average Bonchev–Trinajstić information content (AvgIpc) is 3.09. The van der Waals surface area contributed by atoms with Gasteiger partial charge in [0.2, 0.25) is 11.9 Å². The van der Waals surface area contributed by atoms with Crippen LogP contribution in [0.4, 0.5) is 5.95 Å². The molecular weight excluding hydrogens is 398 g/mol. The molecule has 0 unspecified atom stereocenters. The molecule has 0 atom stereocenters. The van der Waals surface area contributed by atoms with E-state index >= 15 is 0 Å². The minimum Gasteiger partial charge on any atom is -0.369 e. The molecule has 1 aliphatic heterocycles. The summed E-state index contributed by atoms with van der Waals surface area (Å²) in [6, 6.07) is 7.15. The van der Waals surface area contributed by atoms with Crippen molar-refractivity contribution in [2.75, 3.05) is 18.8 Å². The lowest BCUT2D eigenvalue weighted by molar-refractivity contribution is -0.126. The van der Waals surface area contributed by atoms with Crippen molar-refractivity contribution in [3.05, 3.63) is 23.8 Å². The molecule has 6 heteroatoms. The van der Waals surface area contributed by atoms with Crippen LogP contribution in [0.2, 0.25) is 0 Å². The zero-order valence-corrected chi connectivity index (χ0v) is 20.3. The van der Waals surface area contributed by atoms with E-state index < -0.39 is 0 Å². The lowest BCUT2D eigenvalue weighted by Gasteiger charge is -2.34. The lowest BCUT2D eigenvalue weighted by atomic mass is 9.85. The van der Waals surface area contributed by atoms with Crippen molar-refractivity contribution in [3.63, 3.8) is 0 Å². The highest BCUT2D eigenvalue weighted by molar-refractivity contribution is 5.80. The van der Waals surface area contributed by atoms with Gasteiger partial charge in [0.15, 0.2) is 0 Å². The molecule has 4 rings (SSSR count).